The average molecular weight is 1570 g/mol. The molecule has 19 heteroatoms. The number of unbranched alkanes of at least 4 members (excludes halogenated alkanes) is 12. The van der Waals surface area contributed by atoms with Crippen LogP contribution in [0, 0.1) is 0 Å². The fraction of sp³-hybridized carbons (Fsp3) is 0.560. The van der Waals surface area contributed by atoms with E-state index in [1.54, 1.807) is 0 Å². The summed E-state index contributed by atoms with van der Waals surface area (Å²) in [5.74, 6) is -2.51. The van der Waals surface area contributed by atoms with Crippen molar-refractivity contribution >= 4 is 39.5 Å². The standard InChI is InChI=1S/C91H142O17P2/c1-5-9-13-17-21-25-29-33-36-39-42-45-48-52-55-59-63-67-71-75-88(93)101-81-86(107-90(95)77-73-69-65-61-57-51-32-28-24-20-16-12-8-4)83-105-109(97,98)103-79-85(92)80-104-110(99,100)106-84-87(108-91(96)78-74-70-66-62-58-54-50-47-44-41-38-35-31-27-23-19-15-11-7-3)82-102-89(94)76-72-68-64-60-56-53-49-46-43-40-37-34-30-26-22-18-14-10-6-2/h9,11,13,15,21-23,25-28,32-38,42-47,52-56,58,63-64,66-68,70,85-87,92H,5-8,10,12,14,16-20,24,29-31,39-41,48-51,57,59-62,65,69,71-84H2,1-4H3,(H,97,98)(H,99,100)/b13-9-,15-11-,25-21-,26-22-,27-23-,32-28-,36-33-,37-34-,38-35-,45-42-,46-43-,47-44-,55-52-,56-53-,58-54-,67-63-,68-64-,70-66-/t85-,86-,87-/m1/s1. The smallest absolute Gasteiger partial charge is 0.462 e. The molecule has 0 saturated heterocycles. The highest BCUT2D eigenvalue weighted by Crippen LogP contribution is 2.45. The SMILES string of the molecule is CC/C=C\C/C=C\C/C=C\C/C=C\C/C=C\C/C=C\CCC(=O)OC[C@H](COP(=O)(O)OC[C@@H](O)COP(=O)(O)OC[C@@H](COC(=O)CC/C=C\C/C=C\C/C=C\C/C=C\C/C=C\CCCCC)OC(=O)CC/C=C\C/C=C\C/C=C\C/C=C\C/C=C\C/C=C\CC)OC(=O)CCCCCCC/C=C\CCCCCC. The molecule has 0 aliphatic heterocycles. The largest absolute Gasteiger partial charge is 0.472 e. The molecule has 0 heterocycles. The third-order valence-corrected chi connectivity index (χ3v) is 17.8. The van der Waals surface area contributed by atoms with E-state index in [1.165, 1.54) is 44.9 Å². The molecule has 0 aromatic carbocycles. The molecular formula is C91H142O17P2. The van der Waals surface area contributed by atoms with Crippen molar-refractivity contribution in [3.8, 4) is 0 Å². The Morgan fingerprint density at radius 1 is 0.264 bits per heavy atom. The zero-order chi connectivity index (χ0) is 80.3. The molecule has 5 atom stereocenters. The van der Waals surface area contributed by atoms with Crippen molar-refractivity contribution in [2.75, 3.05) is 39.6 Å². The molecule has 0 amide bonds. The molecule has 110 heavy (non-hydrogen) atoms. The van der Waals surface area contributed by atoms with Crippen LogP contribution in [0.25, 0.3) is 0 Å². The highest BCUT2D eigenvalue weighted by molar-refractivity contribution is 7.47. The summed E-state index contributed by atoms with van der Waals surface area (Å²) in [6, 6.07) is 0. The van der Waals surface area contributed by atoms with Crippen molar-refractivity contribution < 1.29 is 80.2 Å². The van der Waals surface area contributed by atoms with Gasteiger partial charge in [0.2, 0.25) is 0 Å². The van der Waals surface area contributed by atoms with Gasteiger partial charge in [-0.25, -0.2) is 9.13 Å². The van der Waals surface area contributed by atoms with Gasteiger partial charge in [0.05, 0.1) is 26.4 Å². The Bertz CT molecular complexity index is 2950. The Balaban J connectivity index is 5.59. The second kappa shape index (κ2) is 80.4. The first-order valence-corrected chi connectivity index (χ1v) is 44.0. The number of aliphatic hydroxyl groups excluding tert-OH is 1. The quantitative estimate of drug-likeness (QED) is 0.0169. The summed E-state index contributed by atoms with van der Waals surface area (Å²) in [5.41, 5.74) is 0. The molecule has 17 nitrogen and oxygen atoms in total. The van der Waals surface area contributed by atoms with Crippen molar-refractivity contribution in [3.63, 3.8) is 0 Å². The van der Waals surface area contributed by atoms with Crippen molar-refractivity contribution in [3.05, 3.63) is 219 Å². The number of rotatable bonds is 74. The number of aliphatic hydroxyl groups is 1. The van der Waals surface area contributed by atoms with E-state index in [2.05, 4.69) is 192 Å². The number of ether oxygens (including phenoxy) is 4. The van der Waals surface area contributed by atoms with Crippen molar-refractivity contribution in [2.24, 2.45) is 0 Å². The number of phosphoric ester groups is 2. The Hall–Kier alpha value is -6.62. The normalized spacial score (nSPS) is 14.9. The molecule has 0 aliphatic carbocycles. The summed E-state index contributed by atoms with van der Waals surface area (Å²) in [6.07, 6.45) is 102. The van der Waals surface area contributed by atoms with Crippen molar-refractivity contribution in [1.82, 2.24) is 0 Å². The molecule has 0 aromatic rings. The molecule has 3 N–H and O–H groups in total. The monoisotopic (exact) mass is 1570 g/mol. The number of hydrogen-bond donors (Lipinski definition) is 3. The minimum Gasteiger partial charge on any atom is -0.462 e. The number of esters is 4. The fourth-order valence-electron chi connectivity index (χ4n) is 9.78. The zero-order valence-electron chi connectivity index (χ0n) is 67.6. The van der Waals surface area contributed by atoms with E-state index >= 15 is 0 Å². The van der Waals surface area contributed by atoms with Gasteiger partial charge in [-0.15, -0.1) is 0 Å². The van der Waals surface area contributed by atoms with Gasteiger partial charge < -0.3 is 33.8 Å². The Labute approximate surface area is 664 Å². The van der Waals surface area contributed by atoms with Gasteiger partial charge in [-0.05, 0) is 167 Å². The van der Waals surface area contributed by atoms with Crippen LogP contribution in [0.2, 0.25) is 0 Å². The van der Waals surface area contributed by atoms with Crippen LogP contribution < -0.4 is 0 Å². The maximum atomic E-state index is 13.1. The van der Waals surface area contributed by atoms with Crippen molar-refractivity contribution in [1.29, 1.82) is 0 Å². The van der Waals surface area contributed by atoms with E-state index in [9.17, 15) is 43.2 Å². The minimum absolute atomic E-state index is 0.0111. The molecule has 0 saturated carbocycles. The van der Waals surface area contributed by atoms with Crippen LogP contribution in [0.5, 0.6) is 0 Å². The highest BCUT2D eigenvalue weighted by atomic mass is 31.2. The molecule has 0 spiro atoms. The number of carbonyl (C=O) groups excluding carboxylic acids is 4. The molecule has 0 aromatic heterocycles. The molecule has 2 unspecified atom stereocenters. The molecule has 618 valence electrons. The Kier molecular flexibility index (Phi) is 75.6. The van der Waals surface area contributed by atoms with E-state index in [0.29, 0.717) is 44.9 Å². The molecule has 0 bridgehead atoms. The van der Waals surface area contributed by atoms with Gasteiger partial charge in [-0.2, -0.15) is 0 Å². The van der Waals surface area contributed by atoms with Crippen LogP contribution >= 0.6 is 15.6 Å². The van der Waals surface area contributed by atoms with Crippen molar-refractivity contribution in [2.45, 2.75) is 290 Å². The third kappa shape index (κ3) is 79.5. The summed E-state index contributed by atoms with van der Waals surface area (Å²) in [5, 5.41) is 10.7. The van der Waals surface area contributed by atoms with Gasteiger partial charge in [0.1, 0.15) is 19.3 Å². The molecular weight excluding hydrogens is 1430 g/mol. The predicted molar refractivity (Wildman–Crippen MR) is 454 cm³/mol. The molecule has 0 aliphatic rings. The van der Waals surface area contributed by atoms with Crippen LogP contribution in [0.15, 0.2) is 219 Å². The van der Waals surface area contributed by atoms with Crippen LogP contribution in [0.1, 0.15) is 272 Å². The summed E-state index contributed by atoms with van der Waals surface area (Å²) < 4.78 is 68.4. The lowest BCUT2D eigenvalue weighted by atomic mass is 10.1. The van der Waals surface area contributed by atoms with Gasteiger partial charge in [0.15, 0.2) is 12.2 Å². The van der Waals surface area contributed by atoms with Crippen LogP contribution in [-0.4, -0.2) is 96.7 Å². The Morgan fingerprint density at radius 2 is 0.491 bits per heavy atom. The third-order valence-electron chi connectivity index (χ3n) is 15.9. The topological polar surface area (TPSA) is 237 Å². The maximum absolute atomic E-state index is 13.1. The Morgan fingerprint density at radius 3 is 0.809 bits per heavy atom. The molecule has 0 rings (SSSR count). The maximum Gasteiger partial charge on any atom is 0.472 e. The average Bonchev–Trinajstić information content (AvgIpc) is 0.942. The lowest BCUT2D eigenvalue weighted by Crippen LogP contribution is -2.30. The van der Waals surface area contributed by atoms with Crippen LogP contribution in [-0.2, 0) is 65.4 Å². The summed E-state index contributed by atoms with van der Waals surface area (Å²) >= 11 is 0. The van der Waals surface area contributed by atoms with Crippen LogP contribution in [0.3, 0.4) is 0 Å². The van der Waals surface area contributed by atoms with Gasteiger partial charge in [0.25, 0.3) is 0 Å². The predicted octanol–water partition coefficient (Wildman–Crippen LogP) is 24.4. The lowest BCUT2D eigenvalue weighted by Gasteiger charge is -2.21. The van der Waals surface area contributed by atoms with Gasteiger partial charge in [0, 0.05) is 25.7 Å². The van der Waals surface area contributed by atoms with E-state index < -0.39 is 97.5 Å². The van der Waals surface area contributed by atoms with E-state index in [-0.39, 0.29) is 25.7 Å². The number of carbonyl (C=O) groups is 4. The van der Waals surface area contributed by atoms with E-state index in [0.717, 1.165) is 128 Å². The van der Waals surface area contributed by atoms with Gasteiger partial charge in [-0.3, -0.25) is 37.3 Å². The first kappa shape index (κ1) is 103. The van der Waals surface area contributed by atoms with Crippen LogP contribution in [0.4, 0.5) is 0 Å². The lowest BCUT2D eigenvalue weighted by molar-refractivity contribution is -0.161. The summed E-state index contributed by atoms with van der Waals surface area (Å²) in [6.45, 7) is 4.30. The molecule has 0 radical (unpaired) electrons. The minimum atomic E-state index is -5.03. The second-order valence-corrected chi connectivity index (χ2v) is 29.1. The fourth-order valence-corrected chi connectivity index (χ4v) is 11.4. The first-order valence-electron chi connectivity index (χ1n) is 41.0. The second-order valence-electron chi connectivity index (χ2n) is 26.2. The number of allylic oxidation sites excluding steroid dienone is 36. The zero-order valence-corrected chi connectivity index (χ0v) is 69.4. The molecule has 0 fully saturated rings. The summed E-state index contributed by atoms with van der Waals surface area (Å²) in [7, 11) is -10.1. The van der Waals surface area contributed by atoms with Gasteiger partial charge in [-0.1, -0.05) is 298 Å². The van der Waals surface area contributed by atoms with Gasteiger partial charge >= 0.3 is 39.5 Å². The highest BCUT2D eigenvalue weighted by Gasteiger charge is 2.30. The first-order chi connectivity index (χ1) is 53.7. The number of hydrogen-bond acceptors (Lipinski definition) is 15. The number of phosphoric acid groups is 2. The van der Waals surface area contributed by atoms with E-state index in [4.69, 9.17) is 37.0 Å². The van der Waals surface area contributed by atoms with E-state index in [1.807, 2.05) is 54.7 Å². The summed E-state index contributed by atoms with van der Waals surface area (Å²) in [4.78, 5) is 73.0.